The van der Waals surface area contributed by atoms with Gasteiger partial charge in [-0.2, -0.15) is 8.42 Å². The summed E-state index contributed by atoms with van der Waals surface area (Å²) in [5, 5.41) is 3.00. The second-order valence-corrected chi connectivity index (χ2v) is 10.9. The first-order chi connectivity index (χ1) is 15.6. The van der Waals surface area contributed by atoms with E-state index < -0.39 is 15.9 Å². The molecule has 0 bridgehead atoms. The Bertz CT molecular complexity index is 1080. The summed E-state index contributed by atoms with van der Waals surface area (Å²) in [6, 6.07) is 7.96. The molecule has 8 nitrogen and oxygen atoms in total. The Kier molecular flexibility index (Phi) is 7.62. The molecule has 1 fully saturated rings. The summed E-state index contributed by atoms with van der Waals surface area (Å²) in [6.45, 7) is 12.1. The van der Waals surface area contributed by atoms with Crippen LogP contribution in [0.4, 0.5) is 11.6 Å². The number of nitrogens with zero attached hydrogens (tertiary/aromatic N) is 3. The molecule has 3 heterocycles. The summed E-state index contributed by atoms with van der Waals surface area (Å²) in [5.74, 6) is 1.14. The number of hydrogen-bond donors (Lipinski definition) is 2. The van der Waals surface area contributed by atoms with Crippen LogP contribution in [0.3, 0.4) is 0 Å². The van der Waals surface area contributed by atoms with Crippen molar-refractivity contribution in [2.24, 2.45) is 11.8 Å². The van der Waals surface area contributed by atoms with Crippen LogP contribution < -0.4 is 14.9 Å². The summed E-state index contributed by atoms with van der Waals surface area (Å²) in [5.41, 5.74) is 0.0322. The van der Waals surface area contributed by atoms with Crippen molar-refractivity contribution in [3.63, 3.8) is 0 Å². The monoisotopic (exact) mass is 473 g/mol. The third-order valence-electron chi connectivity index (χ3n) is 6.93. The van der Waals surface area contributed by atoms with Gasteiger partial charge in [-0.3, -0.25) is 4.79 Å². The van der Waals surface area contributed by atoms with Crippen molar-refractivity contribution >= 4 is 27.6 Å². The lowest BCUT2D eigenvalue weighted by molar-refractivity contribution is 0.0981. The number of nitrogens with one attached hydrogen (secondary N) is 2. The number of hydrogen-bond acceptors (Lipinski definition) is 7. The average molecular weight is 474 g/mol. The second-order valence-electron chi connectivity index (χ2n) is 9.23. The molecule has 1 saturated heterocycles. The van der Waals surface area contributed by atoms with Crippen molar-refractivity contribution in [1.29, 1.82) is 0 Å². The quantitative estimate of drug-likeness (QED) is 0.566. The molecular formula is C24H35N5O3S. The van der Waals surface area contributed by atoms with E-state index >= 15 is 0 Å². The third kappa shape index (κ3) is 5.46. The van der Waals surface area contributed by atoms with Gasteiger partial charge in [0.05, 0.1) is 5.56 Å². The number of sulfonamides is 1. The first-order valence-corrected chi connectivity index (χ1v) is 13.1. The highest BCUT2D eigenvalue weighted by Gasteiger charge is 2.40. The van der Waals surface area contributed by atoms with Gasteiger partial charge in [0.2, 0.25) is 0 Å². The van der Waals surface area contributed by atoms with Gasteiger partial charge in [-0.1, -0.05) is 39.7 Å². The number of anilines is 2. The molecule has 0 aromatic carbocycles. The van der Waals surface area contributed by atoms with Gasteiger partial charge in [0.1, 0.15) is 11.6 Å². The van der Waals surface area contributed by atoms with E-state index in [-0.39, 0.29) is 16.1 Å². The highest BCUT2D eigenvalue weighted by Crippen LogP contribution is 2.38. The lowest BCUT2D eigenvalue weighted by Crippen LogP contribution is -2.43. The standard InChI is InChI=1S/C24H35N5O3S/c1-6-18(7-2)16-26-20-11-8-12-21(27-20)33(31,32)28-23(30)19-10-9-14-25-22(19)29-15-13-17(3)24(29,4)5/h8-12,14,17-18H,6-7,13,15-16H2,1-5H3,(H,26,27)(H,28,30). The van der Waals surface area contributed by atoms with E-state index in [1.165, 1.54) is 6.07 Å². The van der Waals surface area contributed by atoms with Crippen LogP contribution in [-0.2, 0) is 10.0 Å². The van der Waals surface area contributed by atoms with Crippen molar-refractivity contribution < 1.29 is 13.2 Å². The van der Waals surface area contributed by atoms with Crippen molar-refractivity contribution in [1.82, 2.24) is 14.7 Å². The average Bonchev–Trinajstić information content (AvgIpc) is 3.06. The number of aromatic nitrogens is 2. The molecule has 0 radical (unpaired) electrons. The molecule has 0 spiro atoms. The lowest BCUT2D eigenvalue weighted by atomic mass is 9.90. The molecule has 1 unspecified atom stereocenters. The molecule has 0 aliphatic carbocycles. The van der Waals surface area contributed by atoms with Gasteiger partial charge in [-0.25, -0.2) is 14.7 Å². The van der Waals surface area contributed by atoms with Gasteiger partial charge in [0, 0.05) is 24.8 Å². The Balaban J connectivity index is 1.81. The topological polar surface area (TPSA) is 104 Å². The fraction of sp³-hybridized carbons (Fsp3) is 0.542. The summed E-state index contributed by atoms with van der Waals surface area (Å²) in [6.07, 6.45) is 4.65. The molecule has 0 saturated carbocycles. The van der Waals surface area contributed by atoms with E-state index in [9.17, 15) is 13.2 Å². The number of rotatable bonds is 9. The van der Waals surface area contributed by atoms with Crippen LogP contribution in [0.5, 0.6) is 0 Å². The van der Waals surface area contributed by atoms with Crippen LogP contribution in [0, 0.1) is 11.8 Å². The summed E-state index contributed by atoms with van der Waals surface area (Å²) in [4.78, 5) is 23.8. The number of carbonyl (C=O) groups is 1. The molecule has 180 valence electrons. The van der Waals surface area contributed by atoms with E-state index in [2.05, 4.69) is 59.5 Å². The maximum Gasteiger partial charge on any atom is 0.281 e. The zero-order valence-electron chi connectivity index (χ0n) is 20.1. The molecule has 1 aliphatic heterocycles. The maximum absolute atomic E-state index is 13.1. The van der Waals surface area contributed by atoms with Crippen LogP contribution >= 0.6 is 0 Å². The normalized spacial score (nSPS) is 17.9. The van der Waals surface area contributed by atoms with Gasteiger partial charge in [0.25, 0.3) is 15.9 Å². The molecule has 2 N–H and O–H groups in total. The molecule has 1 amide bonds. The summed E-state index contributed by atoms with van der Waals surface area (Å²) in [7, 11) is -4.16. The maximum atomic E-state index is 13.1. The van der Waals surface area contributed by atoms with Crippen molar-refractivity contribution in [3.8, 4) is 0 Å². The Labute approximate surface area is 197 Å². The van der Waals surface area contributed by atoms with E-state index in [1.807, 2.05) is 0 Å². The molecule has 9 heteroatoms. The van der Waals surface area contributed by atoms with Gasteiger partial charge in [-0.15, -0.1) is 0 Å². The number of amides is 1. The van der Waals surface area contributed by atoms with Crippen molar-refractivity contribution in [2.45, 2.75) is 64.4 Å². The lowest BCUT2D eigenvalue weighted by Gasteiger charge is -2.36. The summed E-state index contributed by atoms with van der Waals surface area (Å²) >= 11 is 0. The summed E-state index contributed by atoms with van der Waals surface area (Å²) < 4.78 is 28.1. The van der Waals surface area contributed by atoms with Crippen LogP contribution in [0.25, 0.3) is 0 Å². The molecule has 2 aromatic rings. The van der Waals surface area contributed by atoms with Crippen molar-refractivity contribution in [3.05, 3.63) is 42.1 Å². The minimum absolute atomic E-state index is 0.196. The fourth-order valence-corrected chi connectivity index (χ4v) is 5.05. The molecule has 1 aliphatic rings. The first-order valence-electron chi connectivity index (χ1n) is 11.6. The minimum Gasteiger partial charge on any atom is -0.370 e. The first kappa shape index (κ1) is 25.0. The molecule has 1 atom stereocenters. The largest absolute Gasteiger partial charge is 0.370 e. The minimum atomic E-state index is -4.16. The van der Waals surface area contributed by atoms with Gasteiger partial charge in [0.15, 0.2) is 5.03 Å². The van der Waals surface area contributed by atoms with Crippen molar-refractivity contribution in [2.75, 3.05) is 23.3 Å². The Morgan fingerprint density at radius 1 is 1.21 bits per heavy atom. The molecule has 3 rings (SSSR count). The van der Waals surface area contributed by atoms with Crippen LogP contribution in [0.1, 0.15) is 64.2 Å². The van der Waals surface area contributed by atoms with Gasteiger partial charge >= 0.3 is 0 Å². The second kappa shape index (κ2) is 10.1. The predicted octanol–water partition coefficient (Wildman–Crippen LogP) is 4.07. The zero-order valence-corrected chi connectivity index (χ0v) is 20.9. The zero-order chi connectivity index (χ0) is 24.2. The number of carbonyl (C=O) groups excluding carboxylic acids is 1. The smallest absolute Gasteiger partial charge is 0.281 e. The van der Waals surface area contributed by atoms with E-state index in [0.29, 0.717) is 30.0 Å². The van der Waals surface area contributed by atoms with Crippen LogP contribution in [-0.4, -0.2) is 42.9 Å². The predicted molar refractivity (Wildman–Crippen MR) is 131 cm³/mol. The third-order valence-corrected chi connectivity index (χ3v) is 8.16. The van der Waals surface area contributed by atoms with Crippen LogP contribution in [0.15, 0.2) is 41.6 Å². The van der Waals surface area contributed by atoms with Gasteiger partial charge in [-0.05, 0) is 56.4 Å². The Hall–Kier alpha value is -2.68. The Morgan fingerprint density at radius 3 is 2.58 bits per heavy atom. The molecule has 33 heavy (non-hydrogen) atoms. The van der Waals surface area contributed by atoms with Crippen LogP contribution in [0.2, 0.25) is 0 Å². The number of pyridine rings is 2. The van der Waals surface area contributed by atoms with E-state index in [4.69, 9.17) is 0 Å². The molecular weight excluding hydrogens is 438 g/mol. The highest BCUT2D eigenvalue weighted by molar-refractivity contribution is 7.90. The van der Waals surface area contributed by atoms with E-state index in [1.54, 1.807) is 30.5 Å². The van der Waals surface area contributed by atoms with E-state index in [0.717, 1.165) is 25.8 Å². The molecule has 2 aromatic heterocycles. The van der Waals surface area contributed by atoms with Gasteiger partial charge < -0.3 is 10.2 Å². The SMILES string of the molecule is CCC(CC)CNc1cccc(S(=O)(=O)NC(=O)c2cccnc2N2CCC(C)C2(C)C)n1. The highest BCUT2D eigenvalue weighted by atomic mass is 32.2. The fourth-order valence-electron chi connectivity index (χ4n) is 4.12. The Morgan fingerprint density at radius 2 is 1.94 bits per heavy atom.